The van der Waals surface area contributed by atoms with Crippen LogP contribution in [0.25, 0.3) is 11.4 Å². The van der Waals surface area contributed by atoms with E-state index in [1.165, 1.54) is 7.11 Å². The fourth-order valence-electron chi connectivity index (χ4n) is 2.46. The molecule has 2 aromatic rings. The van der Waals surface area contributed by atoms with Gasteiger partial charge in [0.25, 0.3) is 0 Å². The van der Waals surface area contributed by atoms with E-state index >= 15 is 0 Å². The molecule has 1 aromatic carbocycles. The van der Waals surface area contributed by atoms with Crippen LogP contribution in [0.4, 0.5) is 0 Å². The highest BCUT2D eigenvalue weighted by Gasteiger charge is 2.21. The Morgan fingerprint density at radius 2 is 2.28 bits per heavy atom. The lowest BCUT2D eigenvalue weighted by atomic mass is 9.94. The first-order valence-corrected chi connectivity index (χ1v) is 5.80. The number of benzene rings is 1. The van der Waals surface area contributed by atoms with E-state index in [0.29, 0.717) is 5.56 Å². The fraction of sp³-hybridized carbons (Fsp3) is 0.308. The molecule has 3 rings (SSSR count). The molecule has 0 saturated heterocycles. The van der Waals surface area contributed by atoms with Crippen LogP contribution in [0.15, 0.2) is 18.5 Å². The first-order chi connectivity index (χ1) is 8.70. The zero-order valence-electron chi connectivity index (χ0n) is 10.3. The largest absolute Gasteiger partial charge is 0.465 e. The Morgan fingerprint density at radius 3 is 3.06 bits per heavy atom. The fourth-order valence-corrected chi connectivity index (χ4v) is 2.46. The highest BCUT2D eigenvalue weighted by molar-refractivity contribution is 5.91. The standard InChI is InChI=1S/C13H13N3O2/c1-8-5-10(13(17)18-2)6-9-3-4-16-12(11(8)9)14-7-15-16/h5-7H,3-4H2,1-2H3. The molecule has 0 unspecified atom stereocenters. The molecule has 0 N–H and O–H groups in total. The van der Waals surface area contributed by atoms with Crippen LogP contribution in [0.5, 0.6) is 0 Å². The summed E-state index contributed by atoms with van der Waals surface area (Å²) in [6, 6.07) is 3.74. The lowest BCUT2D eigenvalue weighted by Gasteiger charge is -2.19. The van der Waals surface area contributed by atoms with Crippen LogP contribution in [-0.2, 0) is 17.7 Å². The number of esters is 1. The Labute approximate surface area is 104 Å². The number of aromatic nitrogens is 3. The maximum absolute atomic E-state index is 11.6. The van der Waals surface area contributed by atoms with Gasteiger partial charge in [0.05, 0.1) is 12.7 Å². The van der Waals surface area contributed by atoms with Crippen molar-refractivity contribution in [3.05, 3.63) is 35.2 Å². The van der Waals surface area contributed by atoms with E-state index in [2.05, 4.69) is 10.1 Å². The summed E-state index contributed by atoms with van der Waals surface area (Å²) >= 11 is 0. The van der Waals surface area contributed by atoms with Gasteiger partial charge in [0.2, 0.25) is 0 Å². The summed E-state index contributed by atoms with van der Waals surface area (Å²) in [6.45, 7) is 2.78. The van der Waals surface area contributed by atoms with Crippen molar-refractivity contribution in [1.82, 2.24) is 14.8 Å². The molecule has 0 aliphatic carbocycles. The predicted molar refractivity (Wildman–Crippen MR) is 65.2 cm³/mol. The molecule has 1 aliphatic heterocycles. The number of hydrogen-bond donors (Lipinski definition) is 0. The highest BCUT2D eigenvalue weighted by Crippen LogP contribution is 2.31. The van der Waals surface area contributed by atoms with Gasteiger partial charge in [-0.15, -0.1) is 0 Å². The molecule has 0 radical (unpaired) electrons. The van der Waals surface area contributed by atoms with Gasteiger partial charge in [-0.2, -0.15) is 5.10 Å². The molecular formula is C13H13N3O2. The summed E-state index contributed by atoms with van der Waals surface area (Å²) in [5.74, 6) is 0.582. The topological polar surface area (TPSA) is 57.0 Å². The van der Waals surface area contributed by atoms with Crippen molar-refractivity contribution in [1.29, 1.82) is 0 Å². The maximum atomic E-state index is 11.6. The van der Waals surface area contributed by atoms with Crippen LogP contribution < -0.4 is 0 Å². The Kier molecular flexibility index (Phi) is 2.40. The van der Waals surface area contributed by atoms with Gasteiger partial charge in [-0.05, 0) is 36.6 Å². The van der Waals surface area contributed by atoms with Gasteiger partial charge in [-0.25, -0.2) is 14.5 Å². The Bertz CT molecular complexity index is 631. The third-order valence-electron chi connectivity index (χ3n) is 3.27. The quantitative estimate of drug-likeness (QED) is 0.714. The lowest BCUT2D eigenvalue weighted by Crippen LogP contribution is -2.15. The molecule has 5 heteroatoms. The van der Waals surface area contributed by atoms with Gasteiger partial charge in [0.15, 0.2) is 5.82 Å². The van der Waals surface area contributed by atoms with Gasteiger partial charge < -0.3 is 4.74 Å². The molecule has 0 atom stereocenters. The van der Waals surface area contributed by atoms with E-state index in [0.717, 1.165) is 35.5 Å². The summed E-state index contributed by atoms with van der Waals surface area (Å²) in [7, 11) is 1.40. The van der Waals surface area contributed by atoms with E-state index in [-0.39, 0.29) is 5.97 Å². The summed E-state index contributed by atoms with van der Waals surface area (Å²) < 4.78 is 6.66. The molecule has 0 bridgehead atoms. The third-order valence-corrected chi connectivity index (χ3v) is 3.27. The molecule has 1 aliphatic rings. The number of carbonyl (C=O) groups excluding carboxylic acids is 1. The molecule has 18 heavy (non-hydrogen) atoms. The van der Waals surface area contributed by atoms with E-state index in [1.807, 2.05) is 23.7 Å². The second-order valence-electron chi connectivity index (χ2n) is 4.38. The van der Waals surface area contributed by atoms with Gasteiger partial charge in [0.1, 0.15) is 6.33 Å². The van der Waals surface area contributed by atoms with E-state index in [4.69, 9.17) is 4.74 Å². The molecule has 0 fully saturated rings. The number of rotatable bonds is 1. The minimum absolute atomic E-state index is 0.298. The normalized spacial score (nSPS) is 12.8. The van der Waals surface area contributed by atoms with Crippen molar-refractivity contribution < 1.29 is 9.53 Å². The zero-order chi connectivity index (χ0) is 12.7. The molecule has 0 saturated carbocycles. The molecule has 92 valence electrons. The third kappa shape index (κ3) is 1.51. The zero-order valence-corrected chi connectivity index (χ0v) is 10.3. The van der Waals surface area contributed by atoms with Crippen molar-refractivity contribution in [3.8, 4) is 11.4 Å². The molecule has 5 nitrogen and oxygen atoms in total. The number of hydrogen-bond acceptors (Lipinski definition) is 4. The summed E-state index contributed by atoms with van der Waals surface area (Å²) in [6.07, 6.45) is 2.43. The highest BCUT2D eigenvalue weighted by atomic mass is 16.5. The lowest BCUT2D eigenvalue weighted by molar-refractivity contribution is 0.0600. The average molecular weight is 243 g/mol. The second-order valence-corrected chi connectivity index (χ2v) is 4.38. The molecule has 2 heterocycles. The minimum atomic E-state index is -0.298. The molecule has 0 amide bonds. The van der Waals surface area contributed by atoms with Crippen LogP contribution >= 0.6 is 0 Å². The van der Waals surface area contributed by atoms with E-state index in [1.54, 1.807) is 6.33 Å². The SMILES string of the molecule is COC(=O)c1cc(C)c2c(c1)CCn1ncnc1-2. The molecule has 0 spiro atoms. The van der Waals surface area contributed by atoms with E-state index in [9.17, 15) is 4.79 Å². The van der Waals surface area contributed by atoms with Crippen molar-refractivity contribution in [2.45, 2.75) is 19.9 Å². The smallest absolute Gasteiger partial charge is 0.337 e. The van der Waals surface area contributed by atoms with Crippen molar-refractivity contribution >= 4 is 5.97 Å². The van der Waals surface area contributed by atoms with Gasteiger partial charge in [0, 0.05) is 12.1 Å². The number of ether oxygens (including phenoxy) is 1. The summed E-state index contributed by atoms with van der Waals surface area (Å²) in [5, 5.41) is 4.18. The minimum Gasteiger partial charge on any atom is -0.465 e. The summed E-state index contributed by atoms with van der Waals surface area (Å²) in [4.78, 5) is 15.9. The van der Waals surface area contributed by atoms with Crippen LogP contribution in [0.2, 0.25) is 0 Å². The first kappa shape index (κ1) is 11.0. The summed E-state index contributed by atoms with van der Waals surface area (Å²) in [5.41, 5.74) is 3.85. The van der Waals surface area contributed by atoms with Crippen LogP contribution in [0, 0.1) is 6.92 Å². The van der Waals surface area contributed by atoms with Crippen LogP contribution in [-0.4, -0.2) is 27.8 Å². The number of fused-ring (bicyclic) bond motifs is 3. The van der Waals surface area contributed by atoms with E-state index < -0.39 is 0 Å². The second kappa shape index (κ2) is 3.94. The Balaban J connectivity index is 2.19. The predicted octanol–water partition coefficient (Wildman–Crippen LogP) is 1.60. The first-order valence-electron chi connectivity index (χ1n) is 5.80. The monoisotopic (exact) mass is 243 g/mol. The van der Waals surface area contributed by atoms with Crippen LogP contribution in [0.1, 0.15) is 21.5 Å². The number of nitrogens with zero attached hydrogens (tertiary/aromatic N) is 3. The number of methoxy groups -OCH3 is 1. The number of aryl methyl sites for hydroxylation is 3. The van der Waals surface area contributed by atoms with Crippen molar-refractivity contribution in [2.75, 3.05) is 7.11 Å². The Hall–Kier alpha value is -2.17. The van der Waals surface area contributed by atoms with Crippen LogP contribution in [0.3, 0.4) is 0 Å². The average Bonchev–Trinajstić information content (AvgIpc) is 2.85. The number of carbonyl (C=O) groups is 1. The Morgan fingerprint density at radius 1 is 1.44 bits per heavy atom. The van der Waals surface area contributed by atoms with Crippen molar-refractivity contribution in [2.24, 2.45) is 0 Å². The van der Waals surface area contributed by atoms with Gasteiger partial charge >= 0.3 is 5.97 Å². The maximum Gasteiger partial charge on any atom is 0.337 e. The van der Waals surface area contributed by atoms with Gasteiger partial charge in [-0.1, -0.05) is 0 Å². The van der Waals surface area contributed by atoms with Crippen molar-refractivity contribution in [3.63, 3.8) is 0 Å². The molecular weight excluding hydrogens is 230 g/mol. The van der Waals surface area contributed by atoms with Gasteiger partial charge in [-0.3, -0.25) is 0 Å². The molecule has 1 aromatic heterocycles.